The Balaban J connectivity index is 1.76. The molecule has 1 fully saturated rings. The third-order valence-corrected chi connectivity index (χ3v) is 5.56. The van der Waals surface area contributed by atoms with Crippen LogP contribution in [-0.4, -0.2) is 57.0 Å². The molecule has 1 aliphatic heterocycles. The molecule has 0 bridgehead atoms. The zero-order valence-electron chi connectivity index (χ0n) is 17.7. The van der Waals surface area contributed by atoms with Crippen molar-refractivity contribution in [2.45, 2.75) is 51.6 Å². The summed E-state index contributed by atoms with van der Waals surface area (Å²) in [7, 11) is 0. The van der Waals surface area contributed by atoms with E-state index < -0.39 is 17.3 Å². The van der Waals surface area contributed by atoms with Crippen LogP contribution >= 0.6 is 11.6 Å². The van der Waals surface area contributed by atoms with Crippen LogP contribution in [-0.2, 0) is 10.9 Å². The Morgan fingerprint density at radius 3 is 2.39 bits per heavy atom. The molecule has 0 aromatic carbocycles. The number of ether oxygens (including phenoxy) is 1. The molecule has 1 saturated heterocycles. The van der Waals surface area contributed by atoms with Crippen molar-refractivity contribution < 1.29 is 17.9 Å². The van der Waals surface area contributed by atoms with Crippen molar-refractivity contribution in [3.8, 4) is 5.82 Å². The van der Waals surface area contributed by atoms with Crippen molar-refractivity contribution in [3.63, 3.8) is 0 Å². The molecule has 31 heavy (non-hydrogen) atoms. The summed E-state index contributed by atoms with van der Waals surface area (Å²) in [5, 5.41) is 7.07. The third kappa shape index (κ3) is 5.36. The Hall–Kier alpha value is -2.17. The monoisotopic (exact) mass is 459 g/mol. The molecule has 0 unspecified atom stereocenters. The summed E-state index contributed by atoms with van der Waals surface area (Å²) < 4.78 is 44.8. The Labute approximate surface area is 183 Å². The molecule has 0 aliphatic carbocycles. The number of aromatic nitrogens is 3. The quantitative estimate of drug-likeness (QED) is 0.736. The molecule has 1 N–H and O–H groups in total. The average molecular weight is 460 g/mol. The largest absolute Gasteiger partial charge is 0.417 e. The highest BCUT2D eigenvalue weighted by Gasteiger charge is 2.33. The zero-order chi connectivity index (χ0) is 23.0. The summed E-state index contributed by atoms with van der Waals surface area (Å²) in [6.07, 6.45) is -2.26. The molecule has 3 heterocycles. The van der Waals surface area contributed by atoms with Crippen molar-refractivity contribution >= 4 is 17.3 Å². The summed E-state index contributed by atoms with van der Waals surface area (Å²) in [5.74, 6) is -0.0527. The van der Waals surface area contributed by atoms with E-state index in [2.05, 4.69) is 34.1 Å². The smallest absolute Gasteiger partial charge is 0.381 e. The number of rotatable bonds is 5. The van der Waals surface area contributed by atoms with Crippen LogP contribution in [0.15, 0.2) is 29.3 Å². The van der Waals surface area contributed by atoms with Gasteiger partial charge in [-0.25, -0.2) is 4.98 Å². The number of nitrogens with one attached hydrogen (secondary N) is 1. The molecule has 1 aliphatic rings. The fourth-order valence-corrected chi connectivity index (χ4v) is 3.69. The number of alkyl halides is 3. The van der Waals surface area contributed by atoms with Gasteiger partial charge in [0.1, 0.15) is 5.02 Å². The first-order valence-electron chi connectivity index (χ1n) is 9.84. The summed E-state index contributed by atoms with van der Waals surface area (Å²) in [6.45, 7) is 10.3. The van der Waals surface area contributed by atoms with Gasteiger partial charge in [0.25, 0.3) is 5.56 Å². The number of morpholine rings is 1. The first-order chi connectivity index (χ1) is 14.4. The molecule has 0 saturated carbocycles. The third-order valence-electron chi connectivity index (χ3n) is 5.20. The molecule has 170 valence electrons. The van der Waals surface area contributed by atoms with E-state index in [1.807, 2.05) is 13.8 Å². The lowest BCUT2D eigenvalue weighted by Crippen LogP contribution is -2.57. The van der Waals surface area contributed by atoms with Crippen molar-refractivity contribution in [2.75, 3.05) is 25.0 Å². The van der Waals surface area contributed by atoms with E-state index in [0.717, 1.165) is 29.9 Å². The van der Waals surface area contributed by atoms with Crippen molar-refractivity contribution in [2.24, 2.45) is 0 Å². The normalized spacial score (nSPS) is 20.6. The minimum atomic E-state index is -4.52. The van der Waals surface area contributed by atoms with Gasteiger partial charge >= 0.3 is 6.18 Å². The van der Waals surface area contributed by atoms with Gasteiger partial charge in [-0.05, 0) is 39.8 Å². The molecule has 2 aromatic rings. The van der Waals surface area contributed by atoms with Crippen molar-refractivity contribution in [1.29, 1.82) is 0 Å². The second-order valence-corrected chi connectivity index (χ2v) is 8.70. The van der Waals surface area contributed by atoms with Gasteiger partial charge in [-0.1, -0.05) is 11.6 Å². The SMILES string of the molecule is C[C@H]1CN(C(C)(C)CNc2cnn(-c3ccc(C(F)(F)F)cn3)c(=O)c2Cl)C[C@H](C)O1. The Bertz CT molecular complexity index is 968. The number of hydrogen-bond donors (Lipinski definition) is 1. The standard InChI is InChI=1S/C20H25ClF3N5O2/c1-12-9-28(10-13(2)31-12)19(3,4)11-26-15-8-27-29(18(30)17(15)21)16-6-5-14(7-25-16)20(22,23)24/h5-8,12-13,26H,9-11H2,1-4H3/t12-,13-/m0/s1. The molecular weight excluding hydrogens is 435 g/mol. The molecule has 2 atom stereocenters. The van der Waals surface area contributed by atoms with E-state index in [-0.39, 0.29) is 28.6 Å². The summed E-state index contributed by atoms with van der Waals surface area (Å²) in [6, 6.07) is 1.91. The highest BCUT2D eigenvalue weighted by atomic mass is 35.5. The van der Waals surface area contributed by atoms with E-state index in [1.54, 1.807) is 0 Å². The van der Waals surface area contributed by atoms with Gasteiger partial charge in [0, 0.05) is 31.4 Å². The maximum absolute atomic E-state index is 12.7. The molecule has 7 nitrogen and oxygen atoms in total. The van der Waals surface area contributed by atoms with Gasteiger partial charge in [0.05, 0.1) is 29.7 Å². The second-order valence-electron chi connectivity index (χ2n) is 8.32. The lowest BCUT2D eigenvalue weighted by atomic mass is 10.00. The lowest BCUT2D eigenvalue weighted by molar-refractivity contribution is -0.137. The number of anilines is 1. The second kappa shape index (κ2) is 8.76. The van der Waals surface area contributed by atoms with E-state index in [0.29, 0.717) is 18.4 Å². The summed E-state index contributed by atoms with van der Waals surface area (Å²) >= 11 is 6.24. The van der Waals surface area contributed by atoms with Gasteiger partial charge < -0.3 is 10.1 Å². The van der Waals surface area contributed by atoms with Crippen LogP contribution in [0.3, 0.4) is 0 Å². The number of hydrogen-bond acceptors (Lipinski definition) is 6. The van der Waals surface area contributed by atoms with Gasteiger partial charge in [-0.15, -0.1) is 0 Å². The zero-order valence-corrected chi connectivity index (χ0v) is 18.5. The molecule has 0 radical (unpaired) electrons. The van der Waals surface area contributed by atoms with Crippen LogP contribution in [0.1, 0.15) is 33.3 Å². The molecule has 0 amide bonds. The molecular formula is C20H25ClF3N5O2. The summed E-state index contributed by atoms with van der Waals surface area (Å²) in [5.41, 5.74) is -1.50. The fourth-order valence-electron chi connectivity index (χ4n) is 3.49. The van der Waals surface area contributed by atoms with Crippen LogP contribution in [0.5, 0.6) is 0 Å². The van der Waals surface area contributed by atoms with Gasteiger partial charge in [0.2, 0.25) is 0 Å². The van der Waals surface area contributed by atoms with Gasteiger partial charge in [0.15, 0.2) is 5.82 Å². The Morgan fingerprint density at radius 1 is 1.19 bits per heavy atom. The highest BCUT2D eigenvalue weighted by molar-refractivity contribution is 6.32. The highest BCUT2D eigenvalue weighted by Crippen LogP contribution is 2.29. The van der Waals surface area contributed by atoms with Gasteiger partial charge in [-0.2, -0.15) is 23.0 Å². The van der Waals surface area contributed by atoms with Crippen molar-refractivity contribution in [3.05, 3.63) is 45.5 Å². The lowest BCUT2D eigenvalue weighted by Gasteiger charge is -2.45. The van der Waals surface area contributed by atoms with Crippen LogP contribution in [0.4, 0.5) is 18.9 Å². The van der Waals surface area contributed by atoms with Gasteiger partial charge in [-0.3, -0.25) is 9.69 Å². The Morgan fingerprint density at radius 2 is 1.84 bits per heavy atom. The minimum Gasteiger partial charge on any atom is -0.381 e. The van der Waals surface area contributed by atoms with E-state index in [4.69, 9.17) is 16.3 Å². The predicted molar refractivity (Wildman–Crippen MR) is 112 cm³/mol. The maximum Gasteiger partial charge on any atom is 0.417 e. The van der Waals surface area contributed by atoms with Crippen molar-refractivity contribution in [1.82, 2.24) is 19.7 Å². The van der Waals surface area contributed by atoms with Crippen LogP contribution in [0, 0.1) is 0 Å². The van der Waals surface area contributed by atoms with E-state index >= 15 is 0 Å². The minimum absolute atomic E-state index is 0.0527. The topological polar surface area (TPSA) is 72.3 Å². The average Bonchev–Trinajstić information content (AvgIpc) is 2.68. The first-order valence-corrected chi connectivity index (χ1v) is 10.2. The molecule has 0 spiro atoms. The number of halogens is 4. The predicted octanol–water partition coefficient (Wildman–Crippen LogP) is 3.60. The maximum atomic E-state index is 12.7. The van der Waals surface area contributed by atoms with E-state index in [1.165, 1.54) is 6.20 Å². The van der Waals surface area contributed by atoms with E-state index in [9.17, 15) is 18.0 Å². The molecule has 2 aromatic heterocycles. The van der Waals surface area contributed by atoms with Crippen LogP contribution < -0.4 is 10.9 Å². The Kier molecular flexibility index (Phi) is 6.64. The summed E-state index contributed by atoms with van der Waals surface area (Å²) in [4.78, 5) is 18.6. The molecule has 11 heteroatoms. The number of pyridine rings is 1. The first kappa shape index (κ1) is 23.5. The van der Waals surface area contributed by atoms with Crippen LogP contribution in [0.2, 0.25) is 5.02 Å². The van der Waals surface area contributed by atoms with Crippen LogP contribution in [0.25, 0.3) is 5.82 Å². The molecule has 3 rings (SSSR count). The number of nitrogens with zero attached hydrogens (tertiary/aromatic N) is 4. The fraction of sp³-hybridized carbons (Fsp3) is 0.550.